The van der Waals surface area contributed by atoms with Crippen LogP contribution in [0.25, 0.3) is 6.08 Å². The molecule has 0 spiro atoms. The average molecular weight is 150 g/mol. The largest absolute Gasteiger partial charge is 0.392 e. The van der Waals surface area contributed by atoms with Crippen LogP contribution in [0.2, 0.25) is 0 Å². The van der Waals surface area contributed by atoms with Gasteiger partial charge in [-0.15, -0.1) is 0 Å². The molecule has 0 saturated heterocycles. The van der Waals surface area contributed by atoms with E-state index in [1.165, 1.54) is 0 Å². The number of aliphatic hydroxyl groups is 1. The van der Waals surface area contributed by atoms with E-state index in [0.717, 1.165) is 11.1 Å². The van der Waals surface area contributed by atoms with Crippen LogP contribution in [0, 0.1) is 0 Å². The highest BCUT2D eigenvalue weighted by Gasteiger charge is 1.87. The van der Waals surface area contributed by atoms with Crippen LogP contribution in [-0.4, -0.2) is 5.11 Å². The maximum Gasteiger partial charge on any atom is 0.0681 e. The summed E-state index contributed by atoms with van der Waals surface area (Å²) in [5.41, 5.74) is 2.02. The van der Waals surface area contributed by atoms with Gasteiger partial charge < -0.3 is 5.11 Å². The van der Waals surface area contributed by atoms with E-state index >= 15 is 0 Å². The third-order valence-corrected chi connectivity index (χ3v) is 1.40. The predicted octanol–water partition coefficient (Wildman–Crippen LogP) is 2.46. The highest BCUT2D eigenvalue weighted by molar-refractivity contribution is 5.46. The van der Waals surface area contributed by atoms with Crippen LogP contribution in [0.15, 0.2) is 30.8 Å². The van der Waals surface area contributed by atoms with Gasteiger partial charge in [-0.25, -0.2) is 0 Å². The van der Waals surface area contributed by atoms with Gasteiger partial charge in [0.1, 0.15) is 0 Å². The highest BCUT2D eigenvalue weighted by Crippen LogP contribution is 2.04. The van der Waals surface area contributed by atoms with Gasteiger partial charge in [-0.05, 0) is 11.1 Å². The summed E-state index contributed by atoms with van der Waals surface area (Å²) in [7, 11) is 0. The number of benzene rings is 1. The van der Waals surface area contributed by atoms with Crippen molar-refractivity contribution in [2.45, 2.75) is 14.0 Å². The van der Waals surface area contributed by atoms with Gasteiger partial charge >= 0.3 is 0 Å². The number of hydrogen-bond donors (Lipinski definition) is 1. The number of hydrogen-bond acceptors (Lipinski definition) is 1. The standard InChI is InChI=1S/C9H10O.CH4/c1-2-8-3-5-9(7-10)6-4-8;/h2-6,10H,1,7H2;1H4. The molecule has 0 saturated carbocycles. The molecule has 0 aliphatic heterocycles. The second-order valence-corrected chi connectivity index (χ2v) is 2.10. The molecule has 0 aliphatic carbocycles. The second-order valence-electron chi connectivity index (χ2n) is 2.10. The molecule has 1 aromatic carbocycles. The average Bonchev–Trinajstić information content (AvgIpc) is 2.05. The molecule has 0 unspecified atom stereocenters. The minimum atomic E-state index is 0. The Bertz CT molecular complexity index is 211. The van der Waals surface area contributed by atoms with Crippen molar-refractivity contribution in [2.24, 2.45) is 0 Å². The lowest BCUT2D eigenvalue weighted by Gasteiger charge is -1.94. The Labute approximate surface area is 68.0 Å². The summed E-state index contributed by atoms with van der Waals surface area (Å²) in [6.07, 6.45) is 1.78. The van der Waals surface area contributed by atoms with E-state index in [1.54, 1.807) is 6.08 Å². The van der Waals surface area contributed by atoms with Crippen LogP contribution in [0.5, 0.6) is 0 Å². The Morgan fingerprint density at radius 1 is 1.27 bits per heavy atom. The second kappa shape index (κ2) is 4.69. The first kappa shape index (κ1) is 9.92. The quantitative estimate of drug-likeness (QED) is 0.686. The maximum absolute atomic E-state index is 8.68. The summed E-state index contributed by atoms with van der Waals surface area (Å²) in [5, 5.41) is 8.68. The summed E-state index contributed by atoms with van der Waals surface area (Å²) in [6.45, 7) is 3.73. The van der Waals surface area contributed by atoms with Crippen molar-refractivity contribution < 1.29 is 5.11 Å². The molecule has 60 valence electrons. The van der Waals surface area contributed by atoms with Gasteiger partial charge in [0, 0.05) is 0 Å². The van der Waals surface area contributed by atoms with Crippen LogP contribution < -0.4 is 0 Å². The zero-order chi connectivity index (χ0) is 7.40. The molecule has 1 heteroatoms. The molecule has 0 bridgehead atoms. The minimum Gasteiger partial charge on any atom is -0.392 e. The lowest BCUT2D eigenvalue weighted by atomic mass is 10.1. The van der Waals surface area contributed by atoms with Gasteiger partial charge in [0.15, 0.2) is 0 Å². The molecule has 0 fully saturated rings. The maximum atomic E-state index is 8.68. The molecule has 1 aromatic rings. The molecule has 0 radical (unpaired) electrons. The Balaban J connectivity index is 0.000001000. The fourth-order valence-corrected chi connectivity index (χ4v) is 0.759. The van der Waals surface area contributed by atoms with Crippen molar-refractivity contribution in [2.75, 3.05) is 0 Å². The van der Waals surface area contributed by atoms with Gasteiger partial charge in [-0.1, -0.05) is 44.3 Å². The zero-order valence-electron chi connectivity index (χ0n) is 5.75. The van der Waals surface area contributed by atoms with Crippen molar-refractivity contribution >= 4 is 6.08 Å². The van der Waals surface area contributed by atoms with Gasteiger partial charge in [-0.2, -0.15) is 0 Å². The Hall–Kier alpha value is -1.08. The van der Waals surface area contributed by atoms with E-state index in [1.807, 2.05) is 24.3 Å². The monoisotopic (exact) mass is 150 g/mol. The molecule has 1 rings (SSSR count). The number of aliphatic hydroxyl groups excluding tert-OH is 1. The SMILES string of the molecule is C.C=Cc1ccc(CO)cc1. The van der Waals surface area contributed by atoms with Crippen molar-refractivity contribution in [3.05, 3.63) is 42.0 Å². The summed E-state index contributed by atoms with van der Waals surface area (Å²) in [6, 6.07) is 7.63. The fourth-order valence-electron chi connectivity index (χ4n) is 0.759. The third kappa shape index (κ3) is 2.56. The molecular formula is C10H14O. The van der Waals surface area contributed by atoms with Gasteiger partial charge in [0.25, 0.3) is 0 Å². The summed E-state index contributed by atoms with van der Waals surface area (Å²) < 4.78 is 0. The number of rotatable bonds is 2. The van der Waals surface area contributed by atoms with Gasteiger partial charge in [-0.3, -0.25) is 0 Å². The molecule has 11 heavy (non-hydrogen) atoms. The van der Waals surface area contributed by atoms with Crippen LogP contribution in [-0.2, 0) is 6.61 Å². The zero-order valence-corrected chi connectivity index (χ0v) is 5.75. The van der Waals surface area contributed by atoms with Crippen molar-refractivity contribution in [1.82, 2.24) is 0 Å². The first-order chi connectivity index (χ1) is 4.86. The Kier molecular flexibility index (Phi) is 4.23. The first-order valence-corrected chi connectivity index (χ1v) is 3.19. The minimum absolute atomic E-state index is 0. The smallest absolute Gasteiger partial charge is 0.0681 e. The van der Waals surface area contributed by atoms with Crippen LogP contribution in [0.3, 0.4) is 0 Å². The predicted molar refractivity (Wildman–Crippen MR) is 49.2 cm³/mol. The Morgan fingerprint density at radius 2 is 1.82 bits per heavy atom. The molecule has 0 heterocycles. The van der Waals surface area contributed by atoms with Crippen LogP contribution in [0.1, 0.15) is 18.6 Å². The molecule has 1 nitrogen and oxygen atoms in total. The van der Waals surface area contributed by atoms with Gasteiger partial charge in [0.2, 0.25) is 0 Å². The molecule has 0 atom stereocenters. The van der Waals surface area contributed by atoms with E-state index in [9.17, 15) is 0 Å². The van der Waals surface area contributed by atoms with Crippen LogP contribution in [0.4, 0.5) is 0 Å². The molecular weight excluding hydrogens is 136 g/mol. The summed E-state index contributed by atoms with van der Waals surface area (Å²) in [4.78, 5) is 0. The van der Waals surface area contributed by atoms with E-state index in [-0.39, 0.29) is 14.0 Å². The lowest BCUT2D eigenvalue weighted by Crippen LogP contribution is -1.80. The fraction of sp³-hybridized carbons (Fsp3) is 0.200. The van der Waals surface area contributed by atoms with Gasteiger partial charge in [0.05, 0.1) is 6.61 Å². The molecule has 0 amide bonds. The molecule has 0 aromatic heterocycles. The van der Waals surface area contributed by atoms with E-state index in [2.05, 4.69) is 6.58 Å². The van der Waals surface area contributed by atoms with E-state index in [4.69, 9.17) is 5.11 Å². The molecule has 1 N–H and O–H groups in total. The topological polar surface area (TPSA) is 20.2 Å². The van der Waals surface area contributed by atoms with E-state index in [0.29, 0.717) is 0 Å². The third-order valence-electron chi connectivity index (χ3n) is 1.40. The van der Waals surface area contributed by atoms with Crippen molar-refractivity contribution in [3.63, 3.8) is 0 Å². The normalized spacial score (nSPS) is 8.45. The highest BCUT2D eigenvalue weighted by atomic mass is 16.3. The Morgan fingerprint density at radius 3 is 2.18 bits per heavy atom. The summed E-state index contributed by atoms with van der Waals surface area (Å²) >= 11 is 0. The van der Waals surface area contributed by atoms with Crippen LogP contribution >= 0.6 is 0 Å². The molecule has 0 aliphatic rings. The van der Waals surface area contributed by atoms with Crippen molar-refractivity contribution in [3.8, 4) is 0 Å². The summed E-state index contributed by atoms with van der Waals surface area (Å²) in [5.74, 6) is 0. The lowest BCUT2D eigenvalue weighted by molar-refractivity contribution is 0.282. The van der Waals surface area contributed by atoms with E-state index < -0.39 is 0 Å². The first-order valence-electron chi connectivity index (χ1n) is 3.19. The van der Waals surface area contributed by atoms with Crippen molar-refractivity contribution in [1.29, 1.82) is 0 Å².